The van der Waals surface area contributed by atoms with E-state index >= 15 is 0 Å². The maximum absolute atomic E-state index is 12.2. The van der Waals surface area contributed by atoms with Crippen molar-refractivity contribution in [3.8, 4) is 0 Å². The van der Waals surface area contributed by atoms with Crippen LogP contribution in [-0.4, -0.2) is 62.7 Å². The van der Waals surface area contributed by atoms with Crippen LogP contribution in [0.3, 0.4) is 0 Å². The summed E-state index contributed by atoms with van der Waals surface area (Å²) >= 11 is 0. The third-order valence-corrected chi connectivity index (χ3v) is 5.93. The fraction of sp³-hybridized carbons (Fsp3) is 0.458. The van der Waals surface area contributed by atoms with Gasteiger partial charge in [0.15, 0.2) is 0 Å². The molecule has 1 fully saturated rings. The Labute approximate surface area is 213 Å². The summed E-state index contributed by atoms with van der Waals surface area (Å²) in [5, 5.41) is 0. The van der Waals surface area contributed by atoms with E-state index in [0.717, 1.165) is 11.1 Å². The summed E-state index contributed by atoms with van der Waals surface area (Å²) < 4.78 is 80.6. The Bertz CT molecular complexity index is 1050. The van der Waals surface area contributed by atoms with Crippen LogP contribution in [0.15, 0.2) is 60.7 Å². The number of hydrogen-bond acceptors (Lipinski definition) is 8. The van der Waals surface area contributed by atoms with Gasteiger partial charge in [0.25, 0.3) is 0 Å². The SMILES string of the molecule is C[C@@H]1OC(=O)[C@@H](N)COC[C@H](OCOCc2ccccc2)[C@H]1Cc1ccccc1.O=S(=O)(O)C(F)(F)F. The van der Waals surface area contributed by atoms with Gasteiger partial charge in [-0.15, -0.1) is 0 Å². The summed E-state index contributed by atoms with van der Waals surface area (Å²) in [6.45, 7) is 2.90. The number of hydrogen-bond donors (Lipinski definition) is 2. The van der Waals surface area contributed by atoms with Crippen LogP contribution in [0, 0.1) is 5.92 Å². The van der Waals surface area contributed by atoms with Gasteiger partial charge in [-0.1, -0.05) is 60.7 Å². The van der Waals surface area contributed by atoms with Crippen LogP contribution in [0.4, 0.5) is 13.2 Å². The molecular weight excluding hydrogens is 519 g/mol. The zero-order valence-electron chi connectivity index (χ0n) is 20.0. The lowest BCUT2D eigenvalue weighted by molar-refractivity contribution is -0.160. The molecule has 0 aromatic heterocycles. The van der Waals surface area contributed by atoms with E-state index in [4.69, 9.17) is 37.7 Å². The Morgan fingerprint density at radius 1 is 1.03 bits per heavy atom. The molecule has 9 nitrogen and oxygen atoms in total. The van der Waals surface area contributed by atoms with Crippen molar-refractivity contribution >= 4 is 16.1 Å². The quantitative estimate of drug-likeness (QED) is 0.176. The zero-order valence-corrected chi connectivity index (χ0v) is 20.9. The lowest BCUT2D eigenvalue weighted by Crippen LogP contribution is -2.40. The van der Waals surface area contributed by atoms with E-state index < -0.39 is 27.6 Å². The minimum atomic E-state index is -5.84. The van der Waals surface area contributed by atoms with E-state index in [2.05, 4.69) is 12.1 Å². The van der Waals surface area contributed by atoms with Crippen molar-refractivity contribution in [1.29, 1.82) is 0 Å². The molecule has 2 aromatic rings. The lowest BCUT2D eigenvalue weighted by Gasteiger charge is -2.30. The highest BCUT2D eigenvalue weighted by Crippen LogP contribution is 2.24. The van der Waals surface area contributed by atoms with Gasteiger partial charge in [-0.3, -0.25) is 9.35 Å². The van der Waals surface area contributed by atoms with Crippen LogP contribution in [0.5, 0.6) is 0 Å². The van der Waals surface area contributed by atoms with Gasteiger partial charge in [-0.2, -0.15) is 21.6 Å². The maximum Gasteiger partial charge on any atom is 0.522 e. The van der Waals surface area contributed by atoms with Crippen LogP contribution >= 0.6 is 0 Å². The molecule has 3 rings (SSSR count). The third kappa shape index (κ3) is 10.8. The second-order valence-electron chi connectivity index (χ2n) is 8.22. The van der Waals surface area contributed by atoms with Gasteiger partial charge in [-0.05, 0) is 24.5 Å². The molecule has 1 aliphatic heterocycles. The number of nitrogens with two attached hydrogens (primary N) is 1. The fourth-order valence-electron chi connectivity index (χ4n) is 3.39. The number of carbonyl (C=O) groups excluding carboxylic acids is 1. The van der Waals surface area contributed by atoms with Crippen molar-refractivity contribution < 1.29 is 49.9 Å². The van der Waals surface area contributed by atoms with Gasteiger partial charge in [-0.25, -0.2) is 0 Å². The minimum Gasteiger partial charge on any atom is -0.461 e. The molecule has 2 aromatic carbocycles. The summed E-state index contributed by atoms with van der Waals surface area (Å²) in [4.78, 5) is 12.2. The molecule has 1 saturated heterocycles. The number of carbonyl (C=O) groups is 1. The minimum absolute atomic E-state index is 0.0908. The number of alkyl halides is 3. The topological polar surface area (TPSA) is 134 Å². The van der Waals surface area contributed by atoms with E-state index in [0.29, 0.717) is 19.6 Å². The van der Waals surface area contributed by atoms with Crippen molar-refractivity contribution in [2.24, 2.45) is 11.7 Å². The van der Waals surface area contributed by atoms with Gasteiger partial charge in [0.2, 0.25) is 0 Å². The predicted molar refractivity (Wildman–Crippen MR) is 127 cm³/mol. The monoisotopic (exact) mass is 549 g/mol. The molecule has 206 valence electrons. The highest BCUT2D eigenvalue weighted by atomic mass is 32.2. The molecule has 0 amide bonds. The van der Waals surface area contributed by atoms with E-state index in [1.807, 2.05) is 55.5 Å². The van der Waals surface area contributed by atoms with E-state index in [-0.39, 0.29) is 31.5 Å². The van der Waals surface area contributed by atoms with Crippen LogP contribution in [0.1, 0.15) is 18.1 Å². The smallest absolute Gasteiger partial charge is 0.461 e. The molecule has 0 saturated carbocycles. The first-order valence-electron chi connectivity index (χ1n) is 11.2. The average molecular weight is 550 g/mol. The van der Waals surface area contributed by atoms with Crippen molar-refractivity contribution in [2.75, 3.05) is 20.0 Å². The van der Waals surface area contributed by atoms with Gasteiger partial charge in [0.05, 0.1) is 25.9 Å². The predicted octanol–water partition coefficient (Wildman–Crippen LogP) is 3.09. The highest BCUT2D eigenvalue weighted by molar-refractivity contribution is 7.86. The molecule has 4 atom stereocenters. The zero-order chi connectivity index (χ0) is 27.5. The first-order valence-corrected chi connectivity index (χ1v) is 12.7. The molecular formula is C24H30F3NO8S. The van der Waals surface area contributed by atoms with Gasteiger partial charge < -0.3 is 24.7 Å². The summed E-state index contributed by atoms with van der Waals surface area (Å²) in [6, 6.07) is 19.2. The first-order chi connectivity index (χ1) is 17.4. The Hall–Kier alpha value is -2.55. The van der Waals surface area contributed by atoms with Gasteiger partial charge >= 0.3 is 21.6 Å². The number of benzene rings is 2. The van der Waals surface area contributed by atoms with Gasteiger partial charge in [0, 0.05) is 5.92 Å². The maximum atomic E-state index is 12.2. The molecule has 0 bridgehead atoms. The van der Waals surface area contributed by atoms with Crippen LogP contribution in [0.2, 0.25) is 0 Å². The molecule has 37 heavy (non-hydrogen) atoms. The Kier molecular flexibility index (Phi) is 11.9. The second kappa shape index (κ2) is 14.4. The molecule has 0 aliphatic carbocycles. The molecule has 0 unspecified atom stereocenters. The number of halogens is 3. The molecule has 0 spiro atoms. The summed E-state index contributed by atoms with van der Waals surface area (Å²) in [5.74, 6) is -0.538. The van der Waals surface area contributed by atoms with E-state index in [9.17, 15) is 18.0 Å². The number of cyclic esters (lactones) is 1. The van der Waals surface area contributed by atoms with Crippen molar-refractivity contribution in [3.05, 3.63) is 71.8 Å². The van der Waals surface area contributed by atoms with Crippen LogP contribution < -0.4 is 5.73 Å². The van der Waals surface area contributed by atoms with E-state index in [1.165, 1.54) is 0 Å². The van der Waals surface area contributed by atoms with Crippen LogP contribution in [0.25, 0.3) is 0 Å². The number of ether oxygens (including phenoxy) is 4. The summed E-state index contributed by atoms with van der Waals surface area (Å²) in [5.41, 5.74) is 2.53. The van der Waals surface area contributed by atoms with Crippen LogP contribution in [-0.2, 0) is 46.9 Å². The lowest BCUT2D eigenvalue weighted by atomic mass is 9.89. The standard InChI is InChI=1S/C23H29NO5.CHF3O3S/c1-17-20(12-18-8-4-2-5-9-18)22(15-26-14-21(24)23(25)29-17)28-16-27-13-19-10-6-3-7-11-19;2-1(3,4)8(5,6)7/h2-11,17,20-22H,12-16,24H2,1H3;(H,5,6,7)/t17-,20-,21-,22-;/m0./s1. The van der Waals surface area contributed by atoms with E-state index in [1.54, 1.807) is 0 Å². The Morgan fingerprint density at radius 2 is 1.57 bits per heavy atom. The van der Waals surface area contributed by atoms with Crippen molar-refractivity contribution in [2.45, 2.75) is 43.7 Å². The number of esters is 1. The van der Waals surface area contributed by atoms with Crippen molar-refractivity contribution in [1.82, 2.24) is 0 Å². The number of rotatable bonds is 7. The second-order valence-corrected chi connectivity index (χ2v) is 9.63. The molecule has 1 heterocycles. The Morgan fingerprint density at radius 3 is 2.11 bits per heavy atom. The molecule has 0 radical (unpaired) electrons. The Balaban J connectivity index is 0.000000521. The average Bonchev–Trinajstić information content (AvgIpc) is 2.88. The largest absolute Gasteiger partial charge is 0.522 e. The third-order valence-electron chi connectivity index (χ3n) is 5.35. The van der Waals surface area contributed by atoms with Gasteiger partial charge in [0.1, 0.15) is 18.9 Å². The normalized spacial score (nSPS) is 23.0. The highest BCUT2D eigenvalue weighted by Gasteiger charge is 2.44. The summed E-state index contributed by atoms with van der Waals surface area (Å²) in [7, 11) is -5.84. The fourth-order valence-corrected chi connectivity index (χ4v) is 3.39. The molecule has 3 N–H and O–H groups in total. The molecule has 13 heteroatoms. The van der Waals surface area contributed by atoms with Crippen molar-refractivity contribution in [3.63, 3.8) is 0 Å². The molecule has 1 aliphatic rings. The first kappa shape index (κ1) is 30.7. The summed E-state index contributed by atoms with van der Waals surface area (Å²) in [6.07, 6.45) is 0.0331.